The summed E-state index contributed by atoms with van der Waals surface area (Å²) in [4.78, 5) is 15.4. The first-order valence-electron chi connectivity index (χ1n) is 11.6. The van der Waals surface area contributed by atoms with Gasteiger partial charge in [-0.1, -0.05) is 56.0 Å². The van der Waals surface area contributed by atoms with Crippen molar-refractivity contribution in [3.63, 3.8) is 0 Å². The van der Waals surface area contributed by atoms with Crippen LogP contribution in [-0.2, 0) is 0 Å². The molecule has 0 spiro atoms. The Morgan fingerprint density at radius 3 is 2.12 bits per heavy atom. The van der Waals surface area contributed by atoms with Gasteiger partial charge in [0.2, 0.25) is 0 Å². The number of benzene rings is 3. The van der Waals surface area contributed by atoms with Crippen molar-refractivity contribution in [3.8, 4) is 0 Å². The molecule has 1 saturated carbocycles. The Bertz CT molecular complexity index is 1070. The summed E-state index contributed by atoms with van der Waals surface area (Å²) in [6.07, 6.45) is 6.57. The van der Waals surface area contributed by atoms with Gasteiger partial charge in [-0.2, -0.15) is 0 Å². The van der Waals surface area contributed by atoms with Crippen molar-refractivity contribution in [2.24, 2.45) is 5.73 Å². The van der Waals surface area contributed by atoms with Crippen LogP contribution in [0, 0.1) is 5.41 Å². The molecule has 0 saturated heterocycles. The summed E-state index contributed by atoms with van der Waals surface area (Å²) in [5.41, 5.74) is 9.81. The van der Waals surface area contributed by atoms with Gasteiger partial charge in [-0.25, -0.2) is 4.79 Å². The first-order chi connectivity index (χ1) is 16.1. The number of anilines is 4. The Hall–Kier alpha value is -3.80. The van der Waals surface area contributed by atoms with Crippen LogP contribution in [0.1, 0.15) is 44.1 Å². The molecule has 1 aliphatic rings. The second kappa shape index (κ2) is 10.7. The van der Waals surface area contributed by atoms with Crippen LogP contribution in [0.5, 0.6) is 0 Å². The molecule has 33 heavy (non-hydrogen) atoms. The molecule has 0 radical (unpaired) electrons. The van der Waals surface area contributed by atoms with Crippen LogP contribution < -0.4 is 21.3 Å². The third kappa shape index (κ3) is 5.92. The molecule has 5 N–H and O–H groups in total. The van der Waals surface area contributed by atoms with Gasteiger partial charge in [0.05, 0.1) is 0 Å². The maximum absolute atomic E-state index is 13.5. The number of amides is 2. The molecule has 6 heteroatoms. The van der Waals surface area contributed by atoms with Gasteiger partial charge in [0.25, 0.3) is 0 Å². The summed E-state index contributed by atoms with van der Waals surface area (Å²) in [5, 5.41) is 14.2. The molecule has 0 unspecified atom stereocenters. The summed E-state index contributed by atoms with van der Waals surface area (Å²) in [6.45, 7) is 0. The minimum Gasteiger partial charge on any atom is -0.384 e. The average Bonchev–Trinajstić information content (AvgIpc) is 3.11. The van der Waals surface area contributed by atoms with Gasteiger partial charge in [0, 0.05) is 34.4 Å². The molecule has 0 aromatic heterocycles. The van der Waals surface area contributed by atoms with Gasteiger partial charge in [0.15, 0.2) is 0 Å². The Morgan fingerprint density at radius 2 is 1.45 bits per heavy atom. The lowest BCUT2D eigenvalue weighted by Gasteiger charge is -2.32. The highest BCUT2D eigenvalue weighted by Crippen LogP contribution is 2.29. The van der Waals surface area contributed by atoms with Gasteiger partial charge < -0.3 is 16.4 Å². The van der Waals surface area contributed by atoms with Crippen LogP contribution in [0.15, 0.2) is 78.9 Å². The van der Waals surface area contributed by atoms with Crippen molar-refractivity contribution in [1.29, 1.82) is 5.41 Å². The molecule has 3 aromatic carbocycles. The highest BCUT2D eigenvalue weighted by molar-refractivity contribution is 6.03. The highest BCUT2D eigenvalue weighted by Gasteiger charge is 2.26. The van der Waals surface area contributed by atoms with Gasteiger partial charge in [0.1, 0.15) is 5.84 Å². The smallest absolute Gasteiger partial charge is 0.326 e. The monoisotopic (exact) mass is 441 g/mol. The fourth-order valence-electron chi connectivity index (χ4n) is 4.34. The Labute approximate surface area is 195 Å². The molecule has 2 amide bonds. The highest BCUT2D eigenvalue weighted by atomic mass is 16.2. The third-order valence-corrected chi connectivity index (χ3v) is 6.04. The van der Waals surface area contributed by atoms with E-state index in [9.17, 15) is 4.79 Å². The molecule has 0 bridgehead atoms. The SMILES string of the molecule is N=C(N)c1cccc(N(C(=O)Nc2ccc(Nc3ccccc3)cc2)C2CCCCCC2)c1. The van der Waals surface area contributed by atoms with E-state index in [1.54, 1.807) is 6.07 Å². The number of hydrogen-bond acceptors (Lipinski definition) is 3. The lowest BCUT2D eigenvalue weighted by Crippen LogP contribution is -2.43. The number of nitrogen functional groups attached to an aromatic ring is 1. The molecule has 1 aliphatic carbocycles. The number of para-hydroxylation sites is 1. The second-order valence-corrected chi connectivity index (χ2v) is 8.48. The Balaban J connectivity index is 1.53. The first-order valence-corrected chi connectivity index (χ1v) is 11.6. The fraction of sp³-hybridized carbons (Fsp3) is 0.259. The van der Waals surface area contributed by atoms with Gasteiger partial charge in [-0.3, -0.25) is 10.3 Å². The van der Waals surface area contributed by atoms with Crippen molar-refractivity contribution in [1.82, 2.24) is 0 Å². The molecular weight excluding hydrogens is 410 g/mol. The number of urea groups is 1. The van der Waals surface area contributed by atoms with E-state index in [-0.39, 0.29) is 17.9 Å². The van der Waals surface area contributed by atoms with Gasteiger partial charge in [-0.15, -0.1) is 0 Å². The molecule has 0 aliphatic heterocycles. The summed E-state index contributed by atoms with van der Waals surface area (Å²) in [5.74, 6) is -0.000389. The van der Waals surface area contributed by atoms with Gasteiger partial charge in [-0.05, 0) is 61.4 Å². The summed E-state index contributed by atoms with van der Waals surface area (Å²) >= 11 is 0. The number of nitrogens with one attached hydrogen (secondary N) is 3. The molecule has 170 valence electrons. The fourth-order valence-corrected chi connectivity index (χ4v) is 4.34. The number of nitrogens with two attached hydrogens (primary N) is 1. The number of rotatable bonds is 6. The predicted molar refractivity (Wildman–Crippen MR) is 137 cm³/mol. The van der Waals surface area contributed by atoms with E-state index in [1.807, 2.05) is 77.7 Å². The summed E-state index contributed by atoms with van der Waals surface area (Å²) in [6, 6.07) is 25.1. The van der Waals surface area contributed by atoms with E-state index in [1.165, 1.54) is 12.8 Å². The predicted octanol–water partition coefficient (Wildman–Crippen LogP) is 6.48. The molecule has 0 atom stereocenters. The van der Waals surface area contributed by atoms with E-state index in [4.69, 9.17) is 11.1 Å². The lowest BCUT2D eigenvalue weighted by molar-refractivity contribution is 0.254. The topological polar surface area (TPSA) is 94.2 Å². The first kappa shape index (κ1) is 22.4. The summed E-state index contributed by atoms with van der Waals surface area (Å²) < 4.78 is 0. The maximum Gasteiger partial charge on any atom is 0.326 e. The lowest BCUT2D eigenvalue weighted by atomic mass is 10.1. The van der Waals surface area contributed by atoms with Crippen molar-refractivity contribution in [2.75, 3.05) is 15.5 Å². The van der Waals surface area contributed by atoms with E-state index < -0.39 is 0 Å². The standard InChI is InChI=1S/C27H31N5O/c28-26(29)20-9-8-14-25(19-20)32(24-12-6-1-2-7-13-24)27(33)31-23-17-15-22(16-18-23)30-21-10-4-3-5-11-21/h3-5,8-11,14-19,24,30H,1-2,6-7,12-13H2,(H3,28,29)(H,31,33). The van der Waals surface area contributed by atoms with Crippen molar-refractivity contribution < 1.29 is 4.79 Å². The van der Waals surface area contributed by atoms with Crippen LogP contribution in [0.2, 0.25) is 0 Å². The van der Waals surface area contributed by atoms with Crippen LogP contribution in [-0.4, -0.2) is 17.9 Å². The van der Waals surface area contributed by atoms with Crippen molar-refractivity contribution >= 4 is 34.6 Å². The van der Waals surface area contributed by atoms with Crippen molar-refractivity contribution in [2.45, 2.75) is 44.6 Å². The number of carbonyl (C=O) groups excluding carboxylic acids is 1. The third-order valence-electron chi connectivity index (χ3n) is 6.04. The number of hydrogen-bond donors (Lipinski definition) is 4. The summed E-state index contributed by atoms with van der Waals surface area (Å²) in [7, 11) is 0. The number of amidine groups is 1. The van der Waals surface area contributed by atoms with Crippen LogP contribution in [0.25, 0.3) is 0 Å². The van der Waals surface area contributed by atoms with E-state index in [0.717, 1.165) is 48.4 Å². The van der Waals surface area contributed by atoms with E-state index >= 15 is 0 Å². The van der Waals surface area contributed by atoms with Crippen LogP contribution in [0.3, 0.4) is 0 Å². The van der Waals surface area contributed by atoms with Crippen LogP contribution >= 0.6 is 0 Å². The zero-order valence-electron chi connectivity index (χ0n) is 18.8. The minimum absolute atomic E-state index is 0.000389. The molecule has 0 heterocycles. The largest absolute Gasteiger partial charge is 0.384 e. The molecular formula is C27H31N5O. The normalized spacial score (nSPS) is 14.2. The maximum atomic E-state index is 13.5. The molecule has 4 rings (SSSR count). The Kier molecular flexibility index (Phi) is 7.25. The van der Waals surface area contributed by atoms with Crippen LogP contribution in [0.4, 0.5) is 27.5 Å². The molecule has 3 aromatic rings. The average molecular weight is 442 g/mol. The minimum atomic E-state index is -0.161. The zero-order chi connectivity index (χ0) is 23.0. The number of nitrogens with zero attached hydrogens (tertiary/aromatic N) is 1. The quantitative estimate of drug-likeness (QED) is 0.200. The Morgan fingerprint density at radius 1 is 0.818 bits per heavy atom. The molecule has 1 fully saturated rings. The van der Waals surface area contributed by atoms with E-state index in [0.29, 0.717) is 5.56 Å². The second-order valence-electron chi connectivity index (χ2n) is 8.48. The van der Waals surface area contributed by atoms with Crippen molar-refractivity contribution in [3.05, 3.63) is 84.4 Å². The van der Waals surface area contributed by atoms with E-state index in [2.05, 4.69) is 10.6 Å². The zero-order valence-corrected chi connectivity index (χ0v) is 18.8. The van der Waals surface area contributed by atoms with Gasteiger partial charge >= 0.3 is 6.03 Å². The molecule has 6 nitrogen and oxygen atoms in total. The number of carbonyl (C=O) groups is 1.